The fourth-order valence-corrected chi connectivity index (χ4v) is 12.4. The Morgan fingerprint density at radius 1 is 0.126 bits per heavy atom. The summed E-state index contributed by atoms with van der Waals surface area (Å²) >= 11 is 0. The van der Waals surface area contributed by atoms with Gasteiger partial charge in [0.2, 0.25) is 0 Å². The fraction of sp³-hybridized carbons (Fsp3) is 0.301. The molecule has 0 heteroatoms. The van der Waals surface area contributed by atoms with Crippen molar-refractivity contribution in [2.24, 2.45) is 0 Å². The molecule has 12 aromatic rings. The topological polar surface area (TPSA) is 0 Å². The van der Waals surface area contributed by atoms with E-state index in [0.717, 1.165) is 0 Å². The summed E-state index contributed by atoms with van der Waals surface area (Å²) in [5.74, 6) is 0. The highest BCUT2D eigenvalue weighted by Crippen LogP contribution is 2.27. The molecule has 0 aliphatic heterocycles. The average molecular weight is 1360 g/mol. The Bertz CT molecular complexity index is 3840. The van der Waals surface area contributed by atoms with Gasteiger partial charge in [0, 0.05) is 0 Å². The van der Waals surface area contributed by atoms with Crippen LogP contribution in [0.3, 0.4) is 0 Å². The van der Waals surface area contributed by atoms with Gasteiger partial charge in [-0.05, 0) is 206 Å². The second-order valence-electron chi connectivity index (χ2n) is 28.4. The number of hydrogen-bond donors (Lipinski definition) is 0. The van der Waals surface area contributed by atoms with Crippen molar-refractivity contribution in [1.29, 1.82) is 0 Å². The maximum absolute atomic E-state index is 2.27. The molecule has 0 aliphatic carbocycles. The first-order valence-electron chi connectivity index (χ1n) is 39.2. The SMILES string of the molecule is CCCCCc1ccc(-c2ccc(C)cc2)cc1.CCCCCc1ccc(-c2ccc(C)cc2)cc1.CCCCCc1ccc(-c2ccc(C)cc2)cc1.CCCCc1ccc(-c2ccc(C)cc2)cc1.CCCc1ccc(-c2ccc(C)cc2)cc1.CCCc1ccc(-c2ccc(C)cc2)cc1. The van der Waals surface area contributed by atoms with E-state index in [0.29, 0.717) is 0 Å². The summed E-state index contributed by atoms with van der Waals surface area (Å²) in [6.07, 6.45) is 23.9. The molecule has 0 fully saturated rings. The molecule has 0 aliphatic rings. The number of benzene rings is 12. The summed E-state index contributed by atoms with van der Waals surface area (Å²) in [5.41, 5.74) is 32.2. The van der Waals surface area contributed by atoms with Crippen molar-refractivity contribution in [2.75, 3.05) is 0 Å². The van der Waals surface area contributed by atoms with Gasteiger partial charge in [0.15, 0.2) is 0 Å². The normalized spacial score (nSPS) is 10.5. The molecule has 0 radical (unpaired) electrons. The lowest BCUT2D eigenvalue weighted by atomic mass is 10.0. The summed E-state index contributed by atoms with van der Waals surface area (Å²) in [4.78, 5) is 0. The molecule has 0 saturated carbocycles. The Labute approximate surface area is 625 Å². The fourth-order valence-electron chi connectivity index (χ4n) is 12.4. The van der Waals surface area contributed by atoms with Crippen LogP contribution in [0, 0.1) is 41.5 Å². The lowest BCUT2D eigenvalue weighted by Crippen LogP contribution is -1.86. The third kappa shape index (κ3) is 29.9. The van der Waals surface area contributed by atoms with Crippen molar-refractivity contribution in [2.45, 2.75) is 205 Å². The zero-order chi connectivity index (χ0) is 73.2. The molecule has 0 saturated heterocycles. The van der Waals surface area contributed by atoms with E-state index in [1.807, 2.05) is 0 Å². The highest BCUT2D eigenvalue weighted by Gasteiger charge is 2.05. The summed E-state index contributed by atoms with van der Waals surface area (Å²) in [6, 6.07) is 106. The number of aryl methyl sites for hydroxylation is 12. The minimum absolute atomic E-state index is 1.17. The van der Waals surface area contributed by atoms with Crippen molar-refractivity contribution < 1.29 is 0 Å². The molecule has 0 heterocycles. The molecule has 12 rings (SSSR count). The molecular weight excluding hydrogens is 1240 g/mol. The summed E-state index contributed by atoms with van der Waals surface area (Å²) in [5, 5.41) is 0. The molecule has 12 aromatic carbocycles. The lowest BCUT2D eigenvalue weighted by Gasteiger charge is -2.05. The van der Waals surface area contributed by atoms with Crippen LogP contribution in [0.2, 0.25) is 0 Å². The second-order valence-corrected chi connectivity index (χ2v) is 28.4. The zero-order valence-corrected chi connectivity index (χ0v) is 65.1. The van der Waals surface area contributed by atoms with E-state index in [9.17, 15) is 0 Å². The predicted molar refractivity (Wildman–Crippen MR) is 456 cm³/mol. The van der Waals surface area contributed by atoms with Crippen molar-refractivity contribution in [3.8, 4) is 66.8 Å². The molecule has 0 N–H and O–H groups in total. The summed E-state index contributed by atoms with van der Waals surface area (Å²) in [7, 11) is 0. The van der Waals surface area contributed by atoms with Gasteiger partial charge in [-0.15, -0.1) is 0 Å². The van der Waals surface area contributed by atoms with Crippen LogP contribution in [0.15, 0.2) is 291 Å². The first kappa shape index (κ1) is 80.9. The van der Waals surface area contributed by atoms with E-state index in [-0.39, 0.29) is 0 Å². The van der Waals surface area contributed by atoms with Crippen molar-refractivity contribution in [1.82, 2.24) is 0 Å². The lowest BCUT2D eigenvalue weighted by molar-refractivity contribution is 0.717. The molecule has 0 bridgehead atoms. The predicted octanol–water partition coefficient (Wildman–Crippen LogP) is 30.4. The molecular formula is C103H122. The van der Waals surface area contributed by atoms with Gasteiger partial charge in [-0.25, -0.2) is 0 Å². The van der Waals surface area contributed by atoms with Crippen LogP contribution >= 0.6 is 0 Å². The van der Waals surface area contributed by atoms with Crippen LogP contribution < -0.4 is 0 Å². The van der Waals surface area contributed by atoms with Crippen LogP contribution in [-0.2, 0) is 38.5 Å². The largest absolute Gasteiger partial charge is 0.0654 e. The van der Waals surface area contributed by atoms with Gasteiger partial charge < -0.3 is 0 Å². The number of rotatable bonds is 25. The molecule has 103 heavy (non-hydrogen) atoms. The van der Waals surface area contributed by atoms with Gasteiger partial charge in [0.1, 0.15) is 0 Å². The minimum atomic E-state index is 1.17. The molecule has 0 spiro atoms. The summed E-state index contributed by atoms with van der Waals surface area (Å²) in [6.45, 7) is 26.2. The van der Waals surface area contributed by atoms with Gasteiger partial charge in [-0.3, -0.25) is 0 Å². The second kappa shape index (κ2) is 46.3. The smallest absolute Gasteiger partial charge is 0.0184 e. The molecule has 0 nitrogen and oxygen atoms in total. The maximum Gasteiger partial charge on any atom is -0.0184 e. The van der Waals surface area contributed by atoms with E-state index < -0.39 is 0 Å². The third-order valence-electron chi connectivity index (χ3n) is 19.1. The maximum atomic E-state index is 2.27. The van der Waals surface area contributed by atoms with Gasteiger partial charge in [0.25, 0.3) is 0 Å². The Morgan fingerprint density at radius 2 is 0.252 bits per heavy atom. The quantitative estimate of drug-likeness (QED) is 0.0500. The number of unbranched alkanes of at least 4 members (excludes halogenated alkanes) is 7. The third-order valence-corrected chi connectivity index (χ3v) is 19.1. The van der Waals surface area contributed by atoms with Crippen LogP contribution in [-0.4, -0.2) is 0 Å². The van der Waals surface area contributed by atoms with E-state index in [2.05, 4.69) is 374 Å². The Balaban J connectivity index is 0.000000173. The van der Waals surface area contributed by atoms with E-state index >= 15 is 0 Å². The number of hydrogen-bond acceptors (Lipinski definition) is 0. The monoisotopic (exact) mass is 1360 g/mol. The van der Waals surface area contributed by atoms with Crippen molar-refractivity contribution in [3.05, 3.63) is 358 Å². The molecule has 534 valence electrons. The Morgan fingerprint density at radius 3 is 0.388 bits per heavy atom. The standard InChI is InChI=1S/3C18H22.C17H20.2C16H18/c3*1-3-4-5-6-16-9-13-18(14-10-16)17-11-7-15(2)8-12-17;1-3-4-5-15-8-12-17(13-9-15)16-10-6-14(2)7-11-16;2*1-3-4-14-7-11-16(12-8-14)15-9-5-13(2)6-10-15/h3*7-14H,3-6H2,1-2H3;6-13H,3-5H2,1-2H3;2*5-12H,3-4H2,1-2H3. The van der Waals surface area contributed by atoms with Gasteiger partial charge in [-0.1, -0.05) is 424 Å². The Kier molecular flexibility index (Phi) is 36.4. The van der Waals surface area contributed by atoms with Gasteiger partial charge >= 0.3 is 0 Å². The molecule has 0 amide bonds. The van der Waals surface area contributed by atoms with Gasteiger partial charge in [0.05, 0.1) is 0 Å². The Hall–Kier alpha value is -9.36. The van der Waals surface area contributed by atoms with E-state index in [1.54, 1.807) is 0 Å². The van der Waals surface area contributed by atoms with Crippen LogP contribution in [0.25, 0.3) is 66.8 Å². The van der Waals surface area contributed by atoms with Crippen molar-refractivity contribution in [3.63, 3.8) is 0 Å². The molecule has 0 atom stereocenters. The van der Waals surface area contributed by atoms with Crippen LogP contribution in [0.5, 0.6) is 0 Å². The molecule has 0 unspecified atom stereocenters. The average Bonchev–Trinajstić information content (AvgIpc) is 0.908. The van der Waals surface area contributed by atoms with Crippen LogP contribution in [0.4, 0.5) is 0 Å². The van der Waals surface area contributed by atoms with E-state index in [1.165, 1.54) is 256 Å². The first-order valence-corrected chi connectivity index (χ1v) is 39.2. The zero-order valence-electron chi connectivity index (χ0n) is 65.1. The van der Waals surface area contributed by atoms with Gasteiger partial charge in [-0.2, -0.15) is 0 Å². The summed E-state index contributed by atoms with van der Waals surface area (Å²) < 4.78 is 0. The highest BCUT2D eigenvalue weighted by atomic mass is 14.1. The minimum Gasteiger partial charge on any atom is -0.0654 e. The van der Waals surface area contributed by atoms with E-state index in [4.69, 9.17) is 0 Å². The molecule has 0 aromatic heterocycles. The highest BCUT2D eigenvalue weighted by molar-refractivity contribution is 5.68. The first-order chi connectivity index (χ1) is 50.3. The van der Waals surface area contributed by atoms with Crippen molar-refractivity contribution >= 4 is 0 Å². The van der Waals surface area contributed by atoms with Crippen LogP contribution in [0.1, 0.15) is 192 Å².